The summed E-state index contributed by atoms with van der Waals surface area (Å²) in [7, 11) is 0. The number of benzene rings is 2. The number of rotatable bonds is 8. The maximum absolute atomic E-state index is 12.9. The van der Waals surface area contributed by atoms with E-state index in [9.17, 15) is 14.3 Å². The van der Waals surface area contributed by atoms with E-state index < -0.39 is 5.97 Å². The molecule has 0 saturated carbocycles. The number of aryl methyl sites for hydroxylation is 1. The molecule has 28 heavy (non-hydrogen) atoms. The Morgan fingerprint density at radius 3 is 2.50 bits per heavy atom. The Balaban J connectivity index is 1.66. The van der Waals surface area contributed by atoms with E-state index >= 15 is 0 Å². The predicted molar refractivity (Wildman–Crippen MR) is 99.7 cm³/mol. The van der Waals surface area contributed by atoms with E-state index in [1.807, 2.05) is 6.92 Å². The number of carbonyl (C=O) groups excluding carboxylic acids is 1. The van der Waals surface area contributed by atoms with Gasteiger partial charge in [0.1, 0.15) is 18.2 Å². The minimum absolute atomic E-state index is 0.0497. The van der Waals surface area contributed by atoms with Gasteiger partial charge in [-0.3, -0.25) is 0 Å². The van der Waals surface area contributed by atoms with E-state index in [1.165, 1.54) is 18.2 Å². The van der Waals surface area contributed by atoms with Crippen LogP contribution in [0, 0.1) is 5.82 Å². The molecule has 2 aromatic carbocycles. The van der Waals surface area contributed by atoms with Crippen molar-refractivity contribution in [2.24, 2.45) is 0 Å². The van der Waals surface area contributed by atoms with Crippen LogP contribution in [0.2, 0.25) is 0 Å². The molecule has 0 spiro atoms. The number of nitrogens with zero attached hydrogens (tertiary/aromatic N) is 2. The van der Waals surface area contributed by atoms with Gasteiger partial charge in [-0.1, -0.05) is 31.2 Å². The number of carbonyl (C=O) groups is 1. The Kier molecular flexibility index (Phi) is 6.44. The number of halogens is 1. The average molecular weight is 399 g/mol. The van der Waals surface area contributed by atoms with Gasteiger partial charge < -0.3 is 19.1 Å². The number of carboxylic acids is 1. The molecule has 0 amide bonds. The molecule has 0 fully saturated rings. The van der Waals surface area contributed by atoms with Crippen molar-refractivity contribution in [3.05, 3.63) is 76.3 Å². The smallest absolute Gasteiger partial charge is 0.281 e. The summed E-state index contributed by atoms with van der Waals surface area (Å²) in [5.41, 5.74) is 1.49. The van der Waals surface area contributed by atoms with Crippen LogP contribution in [0.1, 0.15) is 23.9 Å². The Morgan fingerprint density at radius 1 is 1.18 bits per heavy atom. The van der Waals surface area contributed by atoms with E-state index in [2.05, 4.69) is 10.2 Å². The molecule has 1 heterocycles. The standard InChI is InChI=1S/C20H17FN2O4S/c1-2-18-22-23-20(27-18)28-17(19(24)25)11-13-5-9-16(10-6-13)26-12-14-3-7-15(21)8-4-14/h3-11H,2,12H2,1H3,(H,24,25)/p-1/b17-11-. The molecule has 0 unspecified atom stereocenters. The van der Waals surface area contributed by atoms with E-state index in [-0.39, 0.29) is 15.9 Å². The van der Waals surface area contributed by atoms with E-state index in [0.29, 0.717) is 30.2 Å². The van der Waals surface area contributed by atoms with Gasteiger partial charge in [0, 0.05) is 11.3 Å². The molecule has 0 bridgehead atoms. The Labute approximate surface area is 165 Å². The molecule has 0 aliphatic heterocycles. The first-order valence-electron chi connectivity index (χ1n) is 8.44. The highest BCUT2D eigenvalue weighted by atomic mass is 32.2. The summed E-state index contributed by atoms with van der Waals surface area (Å²) in [6.45, 7) is 2.16. The normalized spacial score (nSPS) is 11.4. The molecule has 0 aliphatic carbocycles. The fourth-order valence-electron chi connectivity index (χ4n) is 2.21. The van der Waals surface area contributed by atoms with Gasteiger partial charge in [-0.2, -0.15) is 0 Å². The van der Waals surface area contributed by atoms with Crippen molar-refractivity contribution in [2.75, 3.05) is 0 Å². The molecule has 8 heteroatoms. The van der Waals surface area contributed by atoms with Crippen LogP contribution in [-0.4, -0.2) is 16.2 Å². The number of carboxylic acid groups (broad SMARTS) is 1. The lowest BCUT2D eigenvalue weighted by Gasteiger charge is -2.08. The van der Waals surface area contributed by atoms with Crippen molar-refractivity contribution in [1.82, 2.24) is 10.2 Å². The van der Waals surface area contributed by atoms with Crippen LogP contribution >= 0.6 is 11.8 Å². The van der Waals surface area contributed by atoms with Gasteiger partial charge in [-0.25, -0.2) is 4.39 Å². The summed E-state index contributed by atoms with van der Waals surface area (Å²) in [5.74, 6) is -0.595. The van der Waals surface area contributed by atoms with Gasteiger partial charge in [-0.15, -0.1) is 10.2 Å². The molecule has 0 N–H and O–H groups in total. The number of hydrogen-bond donors (Lipinski definition) is 0. The molecule has 1 aromatic heterocycles. The third kappa shape index (κ3) is 5.43. The summed E-state index contributed by atoms with van der Waals surface area (Å²) in [6.07, 6.45) is 2.02. The summed E-state index contributed by atoms with van der Waals surface area (Å²) in [6, 6.07) is 12.9. The molecule has 3 aromatic rings. The molecular formula is C20H16FN2O4S-. The summed E-state index contributed by atoms with van der Waals surface area (Å²) in [5, 5.41) is 19.1. The number of thioether (sulfide) groups is 1. The number of aromatic nitrogens is 2. The van der Waals surface area contributed by atoms with Gasteiger partial charge in [0.05, 0.1) is 5.97 Å². The van der Waals surface area contributed by atoms with Crippen molar-refractivity contribution in [3.8, 4) is 5.75 Å². The minimum atomic E-state index is -1.34. The Morgan fingerprint density at radius 2 is 1.89 bits per heavy atom. The predicted octanol–water partition coefficient (Wildman–Crippen LogP) is 3.23. The molecule has 0 aliphatic rings. The maximum Gasteiger partial charge on any atom is 0.281 e. The first kappa shape index (κ1) is 19.6. The molecule has 6 nitrogen and oxygen atoms in total. The van der Waals surface area contributed by atoms with Gasteiger partial charge in [0.25, 0.3) is 5.22 Å². The van der Waals surface area contributed by atoms with Crippen LogP contribution in [0.3, 0.4) is 0 Å². The second-order valence-electron chi connectivity index (χ2n) is 5.70. The van der Waals surface area contributed by atoms with Crippen molar-refractivity contribution in [1.29, 1.82) is 0 Å². The highest BCUT2D eigenvalue weighted by Gasteiger charge is 2.10. The topological polar surface area (TPSA) is 88.3 Å². The third-order valence-electron chi connectivity index (χ3n) is 3.65. The number of aliphatic carboxylic acids is 1. The first-order chi connectivity index (χ1) is 13.5. The summed E-state index contributed by atoms with van der Waals surface area (Å²) >= 11 is 0.838. The van der Waals surface area contributed by atoms with Crippen LogP contribution in [-0.2, 0) is 17.8 Å². The quantitative estimate of drug-likeness (QED) is 0.424. The van der Waals surface area contributed by atoms with Crippen LogP contribution < -0.4 is 9.84 Å². The molecule has 144 valence electrons. The molecule has 3 rings (SSSR count). The zero-order chi connectivity index (χ0) is 19.9. The van der Waals surface area contributed by atoms with Crippen molar-refractivity contribution in [3.63, 3.8) is 0 Å². The van der Waals surface area contributed by atoms with Crippen LogP contribution in [0.25, 0.3) is 6.08 Å². The summed E-state index contributed by atoms with van der Waals surface area (Å²) < 4.78 is 23.9. The molecule has 0 atom stereocenters. The highest BCUT2D eigenvalue weighted by molar-refractivity contribution is 8.03. The van der Waals surface area contributed by atoms with Crippen LogP contribution in [0.5, 0.6) is 5.75 Å². The van der Waals surface area contributed by atoms with Crippen molar-refractivity contribution >= 4 is 23.8 Å². The van der Waals surface area contributed by atoms with Crippen LogP contribution in [0.15, 0.2) is 63.1 Å². The minimum Gasteiger partial charge on any atom is -0.544 e. The Bertz CT molecular complexity index is 969. The largest absolute Gasteiger partial charge is 0.544 e. The molecule has 0 saturated heterocycles. The van der Waals surface area contributed by atoms with Gasteiger partial charge in [0.2, 0.25) is 5.89 Å². The monoisotopic (exact) mass is 399 g/mol. The van der Waals surface area contributed by atoms with Gasteiger partial charge >= 0.3 is 0 Å². The van der Waals surface area contributed by atoms with Crippen molar-refractivity contribution < 1.29 is 23.4 Å². The average Bonchev–Trinajstić information content (AvgIpc) is 3.16. The van der Waals surface area contributed by atoms with E-state index in [0.717, 1.165) is 17.3 Å². The number of hydrogen-bond acceptors (Lipinski definition) is 7. The number of ether oxygens (including phenoxy) is 1. The fraction of sp³-hybridized carbons (Fsp3) is 0.150. The molecule has 0 radical (unpaired) electrons. The first-order valence-corrected chi connectivity index (χ1v) is 9.25. The van der Waals surface area contributed by atoms with E-state index in [1.54, 1.807) is 36.4 Å². The van der Waals surface area contributed by atoms with E-state index in [4.69, 9.17) is 9.15 Å². The lowest BCUT2D eigenvalue weighted by atomic mass is 10.2. The third-order valence-corrected chi connectivity index (χ3v) is 4.49. The maximum atomic E-state index is 12.9. The second-order valence-corrected chi connectivity index (χ2v) is 6.69. The van der Waals surface area contributed by atoms with Crippen LogP contribution in [0.4, 0.5) is 4.39 Å². The van der Waals surface area contributed by atoms with Gasteiger partial charge in [0.15, 0.2) is 0 Å². The fourth-order valence-corrected chi connectivity index (χ4v) is 2.89. The zero-order valence-corrected chi connectivity index (χ0v) is 15.7. The van der Waals surface area contributed by atoms with Crippen molar-refractivity contribution in [2.45, 2.75) is 25.2 Å². The second kappa shape index (κ2) is 9.18. The van der Waals surface area contributed by atoms with Gasteiger partial charge in [-0.05, 0) is 53.2 Å². The lowest BCUT2D eigenvalue weighted by Crippen LogP contribution is -2.23. The highest BCUT2D eigenvalue weighted by Crippen LogP contribution is 2.27. The lowest BCUT2D eigenvalue weighted by molar-refractivity contribution is -0.298. The zero-order valence-electron chi connectivity index (χ0n) is 14.9. The Hall–Kier alpha value is -3.13. The SMILES string of the molecule is CCc1nnc(S/C(=C\c2ccc(OCc3ccc(F)cc3)cc2)C(=O)[O-])o1. The molecular weight excluding hydrogens is 383 g/mol. The summed E-state index contributed by atoms with van der Waals surface area (Å²) in [4.78, 5) is 11.3.